The standard InChI is InChI=1S/C45H43ClN8O6/c46-37-24-38-35(36(25-49-38)45(57)58)23-34(37)28-12-16-31(17-13-28)59-22-20-48-39(55)10-4-5-11-40(56)53-21-6-7-30(26-53)54-44-41(43(47)50-27-51-44)42(52-54)29-14-18-33(19-15-29)60-32-8-2-1-3-9-32/h1-3,8-9,12-19,23-25,27,30,49H,4-7,10-11,20-22,26H2,(H,48,55)(H,57,58)(H2,47,50,51)/t30-/m1/s1. The molecule has 14 nitrogen and oxygen atoms in total. The van der Waals surface area contributed by atoms with E-state index >= 15 is 0 Å². The number of halogens is 1. The molecule has 1 fully saturated rings. The van der Waals surface area contributed by atoms with E-state index in [0.29, 0.717) is 101 Å². The topological polar surface area (TPSA) is 191 Å². The number of aromatic nitrogens is 5. The van der Waals surface area contributed by atoms with Crippen LogP contribution in [-0.4, -0.2) is 78.8 Å². The number of amides is 2. The summed E-state index contributed by atoms with van der Waals surface area (Å²) in [7, 11) is 0. The van der Waals surface area contributed by atoms with Crippen molar-refractivity contribution in [3.05, 3.63) is 114 Å². The SMILES string of the molecule is Nc1ncnc2c1c(-c1ccc(Oc3ccccc3)cc1)nn2[C@@H]1CCCN(C(=O)CCCCC(=O)NCCOc2ccc(-c3cc4c(C(=O)O)c[nH]c4cc3Cl)cc2)C1. The van der Waals surface area contributed by atoms with E-state index in [9.17, 15) is 19.5 Å². The molecule has 5 N–H and O–H groups in total. The predicted molar refractivity (Wildman–Crippen MR) is 229 cm³/mol. The van der Waals surface area contributed by atoms with E-state index < -0.39 is 5.97 Å². The van der Waals surface area contributed by atoms with Crippen molar-refractivity contribution < 1.29 is 29.0 Å². The highest BCUT2D eigenvalue weighted by Crippen LogP contribution is 2.36. The number of benzene rings is 4. The second kappa shape index (κ2) is 17.9. The lowest BCUT2D eigenvalue weighted by atomic mass is 10.0. The second-order valence-corrected chi connectivity index (χ2v) is 15.0. The molecule has 7 aromatic rings. The summed E-state index contributed by atoms with van der Waals surface area (Å²) in [6, 6.07) is 27.9. The highest BCUT2D eigenvalue weighted by atomic mass is 35.5. The molecule has 306 valence electrons. The number of nitrogens with one attached hydrogen (secondary N) is 2. The molecule has 0 aliphatic carbocycles. The van der Waals surface area contributed by atoms with Crippen molar-refractivity contribution in [2.75, 3.05) is 32.0 Å². The zero-order chi connectivity index (χ0) is 41.6. The number of hydrogen-bond donors (Lipinski definition) is 4. The minimum absolute atomic E-state index is 0.0525. The number of aromatic carboxylic acids is 1. The number of hydrogen-bond acceptors (Lipinski definition) is 9. The molecular weight excluding hydrogens is 784 g/mol. The van der Waals surface area contributed by atoms with Crippen molar-refractivity contribution in [2.45, 2.75) is 44.6 Å². The number of rotatable bonds is 15. The largest absolute Gasteiger partial charge is 0.492 e. The number of nitrogens with zero attached hydrogens (tertiary/aromatic N) is 5. The molecule has 0 saturated carbocycles. The number of nitrogen functional groups attached to an aromatic ring is 1. The summed E-state index contributed by atoms with van der Waals surface area (Å²) in [5.41, 5.74) is 10.9. The second-order valence-electron chi connectivity index (χ2n) is 14.6. The minimum Gasteiger partial charge on any atom is -0.492 e. The molecule has 1 aliphatic heterocycles. The first-order valence-corrected chi connectivity index (χ1v) is 20.2. The Kier molecular flexibility index (Phi) is 11.9. The number of piperidine rings is 1. The summed E-state index contributed by atoms with van der Waals surface area (Å²) in [6.07, 6.45) is 6.38. The van der Waals surface area contributed by atoms with Gasteiger partial charge >= 0.3 is 5.97 Å². The lowest BCUT2D eigenvalue weighted by molar-refractivity contribution is -0.133. The van der Waals surface area contributed by atoms with Crippen LogP contribution in [0.5, 0.6) is 17.2 Å². The summed E-state index contributed by atoms with van der Waals surface area (Å²) in [5.74, 6) is 1.33. The van der Waals surface area contributed by atoms with Gasteiger partial charge in [0.1, 0.15) is 41.7 Å². The Morgan fingerprint density at radius 3 is 2.43 bits per heavy atom. The number of nitrogens with two attached hydrogens (primary N) is 1. The van der Waals surface area contributed by atoms with Crippen molar-refractivity contribution in [3.8, 4) is 39.6 Å². The van der Waals surface area contributed by atoms with Crippen molar-refractivity contribution in [1.29, 1.82) is 0 Å². The number of likely N-dealkylation sites (tertiary alicyclic amines) is 1. The third-order valence-corrected chi connectivity index (χ3v) is 10.9. The number of ether oxygens (including phenoxy) is 2. The summed E-state index contributed by atoms with van der Waals surface area (Å²) < 4.78 is 13.7. The minimum atomic E-state index is -1.02. The third-order valence-electron chi connectivity index (χ3n) is 10.6. The fourth-order valence-corrected chi connectivity index (χ4v) is 7.85. The Morgan fingerprint density at radius 2 is 1.65 bits per heavy atom. The normalized spacial score (nSPS) is 14.0. The smallest absolute Gasteiger partial charge is 0.337 e. The van der Waals surface area contributed by atoms with Gasteiger partial charge in [0.15, 0.2) is 5.65 Å². The summed E-state index contributed by atoms with van der Waals surface area (Å²) >= 11 is 6.51. The number of carboxylic acids is 1. The van der Waals surface area contributed by atoms with Gasteiger partial charge in [-0.05, 0) is 91.9 Å². The molecule has 3 aromatic heterocycles. The molecule has 0 radical (unpaired) electrons. The van der Waals surface area contributed by atoms with Crippen LogP contribution in [0.3, 0.4) is 0 Å². The van der Waals surface area contributed by atoms with E-state index in [1.165, 1.54) is 12.5 Å². The zero-order valence-corrected chi connectivity index (χ0v) is 33.4. The number of anilines is 1. The number of carbonyl (C=O) groups is 3. The molecule has 4 aromatic carbocycles. The zero-order valence-electron chi connectivity index (χ0n) is 32.6. The van der Waals surface area contributed by atoms with E-state index in [1.807, 2.05) is 76.3 Å². The molecular formula is C45H43ClN8O6. The molecule has 2 amide bonds. The van der Waals surface area contributed by atoms with Gasteiger partial charge in [-0.15, -0.1) is 0 Å². The number of carbonyl (C=O) groups excluding carboxylic acids is 2. The molecule has 8 rings (SSSR count). The number of unbranched alkanes of at least 4 members (excludes halogenated alkanes) is 1. The van der Waals surface area contributed by atoms with E-state index in [1.54, 1.807) is 24.3 Å². The summed E-state index contributed by atoms with van der Waals surface area (Å²) in [6.45, 7) is 1.77. The van der Waals surface area contributed by atoms with Crippen molar-refractivity contribution >= 4 is 57.1 Å². The Balaban J connectivity index is 0.785. The number of carboxylic acid groups (broad SMARTS) is 1. The maximum absolute atomic E-state index is 13.4. The van der Waals surface area contributed by atoms with E-state index in [4.69, 9.17) is 31.9 Å². The van der Waals surface area contributed by atoms with Crippen LogP contribution < -0.4 is 20.5 Å². The van der Waals surface area contributed by atoms with Crippen LogP contribution in [0.15, 0.2) is 104 Å². The first kappa shape index (κ1) is 39.9. The average molecular weight is 827 g/mol. The fraction of sp³-hybridized carbons (Fsp3) is 0.244. The van der Waals surface area contributed by atoms with E-state index in [-0.39, 0.29) is 30.0 Å². The quantitative estimate of drug-likeness (QED) is 0.0732. The number of fused-ring (bicyclic) bond motifs is 2. The van der Waals surface area contributed by atoms with Crippen molar-refractivity contribution in [1.82, 2.24) is 34.9 Å². The molecule has 15 heteroatoms. The van der Waals surface area contributed by atoms with Crippen LogP contribution in [0.1, 0.15) is 54.9 Å². The highest BCUT2D eigenvalue weighted by Gasteiger charge is 2.29. The van der Waals surface area contributed by atoms with Gasteiger partial charge in [-0.2, -0.15) is 5.10 Å². The van der Waals surface area contributed by atoms with Gasteiger partial charge < -0.3 is 35.5 Å². The van der Waals surface area contributed by atoms with E-state index in [0.717, 1.165) is 29.7 Å². The Bertz CT molecular complexity index is 2650. The summed E-state index contributed by atoms with van der Waals surface area (Å²) in [5, 5.41) is 19.1. The Labute approximate surface area is 350 Å². The molecule has 1 atom stereocenters. The van der Waals surface area contributed by atoms with Gasteiger partial charge in [-0.25, -0.2) is 19.4 Å². The molecule has 4 heterocycles. The van der Waals surface area contributed by atoms with Crippen LogP contribution in [0.25, 0.3) is 44.3 Å². The number of H-pyrrole nitrogens is 1. The van der Waals surface area contributed by atoms with Gasteiger partial charge in [-0.3, -0.25) is 9.59 Å². The lowest BCUT2D eigenvalue weighted by Crippen LogP contribution is -2.41. The first-order chi connectivity index (χ1) is 29.2. The van der Waals surface area contributed by atoms with Gasteiger partial charge in [0.05, 0.1) is 28.6 Å². The van der Waals surface area contributed by atoms with Crippen LogP contribution in [0.2, 0.25) is 5.02 Å². The number of aromatic amines is 1. The molecule has 1 aliphatic rings. The van der Waals surface area contributed by atoms with Crippen LogP contribution in [0, 0.1) is 0 Å². The first-order valence-electron chi connectivity index (χ1n) is 19.9. The average Bonchev–Trinajstić information content (AvgIpc) is 3.87. The van der Waals surface area contributed by atoms with E-state index in [2.05, 4.69) is 20.3 Å². The van der Waals surface area contributed by atoms with Gasteiger partial charge in [-0.1, -0.05) is 41.9 Å². The van der Waals surface area contributed by atoms with Gasteiger partial charge in [0.2, 0.25) is 11.8 Å². The Hall–Kier alpha value is -6.93. The molecule has 0 spiro atoms. The maximum Gasteiger partial charge on any atom is 0.337 e. The Morgan fingerprint density at radius 1 is 0.917 bits per heavy atom. The van der Waals surface area contributed by atoms with Crippen LogP contribution in [0.4, 0.5) is 5.82 Å². The molecule has 0 bridgehead atoms. The number of para-hydroxylation sites is 1. The van der Waals surface area contributed by atoms with Crippen LogP contribution >= 0.6 is 11.6 Å². The molecule has 1 saturated heterocycles. The third kappa shape index (κ3) is 8.88. The van der Waals surface area contributed by atoms with Gasteiger partial charge in [0.25, 0.3) is 0 Å². The highest BCUT2D eigenvalue weighted by molar-refractivity contribution is 6.34. The van der Waals surface area contributed by atoms with Crippen LogP contribution in [-0.2, 0) is 9.59 Å². The fourth-order valence-electron chi connectivity index (χ4n) is 7.58. The lowest BCUT2D eigenvalue weighted by Gasteiger charge is -2.33. The summed E-state index contributed by atoms with van der Waals surface area (Å²) in [4.78, 5) is 51.2. The monoisotopic (exact) mass is 826 g/mol. The molecule has 60 heavy (non-hydrogen) atoms. The van der Waals surface area contributed by atoms with Crippen molar-refractivity contribution in [2.24, 2.45) is 0 Å². The molecule has 0 unspecified atom stereocenters. The van der Waals surface area contributed by atoms with Gasteiger partial charge in [0, 0.05) is 54.2 Å². The predicted octanol–water partition coefficient (Wildman–Crippen LogP) is 8.29. The maximum atomic E-state index is 13.4. The van der Waals surface area contributed by atoms with Crippen molar-refractivity contribution in [3.63, 3.8) is 0 Å².